The molecule has 1 unspecified atom stereocenters. The van der Waals surface area contributed by atoms with E-state index in [9.17, 15) is 14.9 Å². The number of nitrogens with zero attached hydrogens (tertiary/aromatic N) is 4. The largest absolute Gasteiger partial charge is 0.311 e. The summed E-state index contributed by atoms with van der Waals surface area (Å²) in [5, 5.41) is 20.1. The van der Waals surface area contributed by atoms with Crippen LogP contribution in [-0.2, 0) is 4.79 Å². The summed E-state index contributed by atoms with van der Waals surface area (Å²) in [6, 6.07) is 11.4. The van der Waals surface area contributed by atoms with E-state index in [2.05, 4.69) is 4.98 Å². The molecule has 2 aromatic rings. The van der Waals surface area contributed by atoms with Crippen molar-refractivity contribution in [2.75, 3.05) is 11.4 Å². The number of nitro benzene ring substituents is 1. The average molecular weight is 340 g/mol. The highest BCUT2D eigenvalue weighted by molar-refractivity contribution is 8.00. The summed E-state index contributed by atoms with van der Waals surface area (Å²) in [5.74, 6) is -0.107. The maximum Gasteiger partial charge on any atom is 0.271 e. The van der Waals surface area contributed by atoms with Gasteiger partial charge in [0.1, 0.15) is 0 Å². The van der Waals surface area contributed by atoms with Crippen molar-refractivity contribution in [3.63, 3.8) is 0 Å². The third-order valence-corrected chi connectivity index (χ3v) is 4.82. The van der Waals surface area contributed by atoms with Gasteiger partial charge in [-0.1, -0.05) is 17.8 Å². The SMILES string of the molecule is N#Cc1ccnc(SC2CCN(c3cccc([N+](=O)[O-])c3)C2=O)c1. The number of carbonyl (C=O) groups excluding carboxylic acids is 1. The number of hydrogen-bond acceptors (Lipinski definition) is 6. The second-order valence-electron chi connectivity index (χ2n) is 5.16. The first kappa shape index (κ1) is 16.0. The minimum atomic E-state index is -0.479. The molecule has 120 valence electrons. The molecule has 1 fully saturated rings. The van der Waals surface area contributed by atoms with Crippen molar-refractivity contribution >= 4 is 29.0 Å². The molecule has 0 N–H and O–H groups in total. The van der Waals surface area contributed by atoms with Crippen LogP contribution >= 0.6 is 11.8 Å². The number of benzene rings is 1. The van der Waals surface area contributed by atoms with Crippen LogP contribution in [0.5, 0.6) is 0 Å². The first-order chi connectivity index (χ1) is 11.6. The zero-order valence-corrected chi connectivity index (χ0v) is 13.3. The first-order valence-electron chi connectivity index (χ1n) is 7.17. The highest BCUT2D eigenvalue weighted by Crippen LogP contribution is 2.33. The molecule has 1 aliphatic heterocycles. The van der Waals surface area contributed by atoms with Crippen LogP contribution < -0.4 is 4.90 Å². The quantitative estimate of drug-likeness (QED) is 0.626. The number of aromatic nitrogens is 1. The summed E-state index contributed by atoms with van der Waals surface area (Å²) in [6.07, 6.45) is 2.16. The number of rotatable bonds is 4. The number of pyridine rings is 1. The van der Waals surface area contributed by atoms with Gasteiger partial charge in [-0.3, -0.25) is 14.9 Å². The van der Waals surface area contributed by atoms with Gasteiger partial charge in [0.2, 0.25) is 5.91 Å². The molecule has 2 heterocycles. The zero-order chi connectivity index (χ0) is 17.1. The van der Waals surface area contributed by atoms with E-state index in [0.717, 1.165) is 0 Å². The number of anilines is 1. The normalized spacial score (nSPS) is 16.9. The van der Waals surface area contributed by atoms with E-state index in [1.54, 1.807) is 35.4 Å². The molecule has 24 heavy (non-hydrogen) atoms. The minimum absolute atomic E-state index is 0.0419. The standard InChI is InChI=1S/C16H12N4O3S/c17-10-11-4-6-18-15(8-11)24-14-5-7-19(16(14)21)12-2-1-3-13(9-12)20(22)23/h1-4,6,8-9,14H,5,7H2. The predicted octanol–water partition coefficient (Wildman–Crippen LogP) is 2.76. The van der Waals surface area contributed by atoms with Gasteiger partial charge in [0.05, 0.1) is 32.5 Å². The molecule has 0 radical (unpaired) electrons. The topological polar surface area (TPSA) is 100 Å². The van der Waals surface area contributed by atoms with Crippen molar-refractivity contribution in [2.24, 2.45) is 0 Å². The highest BCUT2D eigenvalue weighted by Gasteiger charge is 2.34. The van der Waals surface area contributed by atoms with Crippen molar-refractivity contribution in [1.82, 2.24) is 4.98 Å². The molecule has 0 saturated carbocycles. The van der Waals surface area contributed by atoms with E-state index in [1.165, 1.54) is 23.9 Å². The molecular formula is C16H12N4O3S. The van der Waals surface area contributed by atoms with Gasteiger partial charge < -0.3 is 4.90 Å². The van der Waals surface area contributed by atoms with Crippen LogP contribution in [0.4, 0.5) is 11.4 Å². The third kappa shape index (κ3) is 3.21. The molecule has 0 spiro atoms. The Labute approximate surface area is 142 Å². The molecule has 1 aliphatic rings. The van der Waals surface area contributed by atoms with Crippen molar-refractivity contribution < 1.29 is 9.72 Å². The lowest BCUT2D eigenvalue weighted by Gasteiger charge is -2.16. The van der Waals surface area contributed by atoms with Gasteiger partial charge in [-0.15, -0.1) is 0 Å². The lowest BCUT2D eigenvalue weighted by molar-refractivity contribution is -0.384. The molecule has 1 aromatic heterocycles. The van der Waals surface area contributed by atoms with Gasteiger partial charge in [0, 0.05) is 24.9 Å². The van der Waals surface area contributed by atoms with Gasteiger partial charge in [-0.2, -0.15) is 5.26 Å². The summed E-state index contributed by atoms with van der Waals surface area (Å²) >= 11 is 1.31. The Kier molecular flexibility index (Phi) is 4.44. The van der Waals surface area contributed by atoms with E-state index in [1.807, 2.05) is 6.07 Å². The van der Waals surface area contributed by atoms with Crippen molar-refractivity contribution in [3.8, 4) is 6.07 Å². The monoisotopic (exact) mass is 340 g/mol. The van der Waals surface area contributed by atoms with Gasteiger partial charge in [-0.05, 0) is 24.6 Å². The molecule has 3 rings (SSSR count). The van der Waals surface area contributed by atoms with E-state index < -0.39 is 4.92 Å². The number of non-ortho nitro benzene ring substituents is 1. The molecule has 1 amide bonds. The van der Waals surface area contributed by atoms with Gasteiger partial charge in [0.15, 0.2) is 0 Å². The summed E-state index contributed by atoms with van der Waals surface area (Å²) in [5.41, 5.74) is 0.976. The van der Waals surface area contributed by atoms with Crippen molar-refractivity contribution in [2.45, 2.75) is 16.7 Å². The molecule has 0 aliphatic carbocycles. The van der Waals surface area contributed by atoms with Crippen LogP contribution in [0.1, 0.15) is 12.0 Å². The number of nitro groups is 1. The molecule has 7 nitrogen and oxygen atoms in total. The van der Waals surface area contributed by atoms with Crippen molar-refractivity contribution in [3.05, 3.63) is 58.3 Å². The second kappa shape index (κ2) is 6.68. The maximum absolute atomic E-state index is 12.6. The highest BCUT2D eigenvalue weighted by atomic mass is 32.2. The van der Waals surface area contributed by atoms with Crippen LogP contribution in [0, 0.1) is 21.4 Å². The Bertz CT molecular complexity index is 849. The van der Waals surface area contributed by atoms with Crippen LogP contribution in [0.2, 0.25) is 0 Å². The summed E-state index contributed by atoms with van der Waals surface area (Å²) < 4.78 is 0. The molecule has 1 atom stereocenters. The summed E-state index contributed by atoms with van der Waals surface area (Å²) in [6.45, 7) is 0.496. The smallest absolute Gasteiger partial charge is 0.271 e. The average Bonchev–Trinajstić information content (AvgIpc) is 2.96. The van der Waals surface area contributed by atoms with Crippen LogP contribution in [0.25, 0.3) is 0 Å². The maximum atomic E-state index is 12.6. The summed E-state index contributed by atoms with van der Waals surface area (Å²) in [4.78, 5) is 28.7. The number of thioether (sulfide) groups is 1. The Morgan fingerprint density at radius 3 is 2.96 bits per heavy atom. The van der Waals surface area contributed by atoms with E-state index in [-0.39, 0.29) is 16.8 Å². The Hall–Kier alpha value is -2.92. The number of hydrogen-bond donors (Lipinski definition) is 0. The fourth-order valence-electron chi connectivity index (χ4n) is 2.48. The lowest BCUT2D eigenvalue weighted by Crippen LogP contribution is -2.28. The Morgan fingerprint density at radius 2 is 2.21 bits per heavy atom. The first-order valence-corrected chi connectivity index (χ1v) is 8.05. The second-order valence-corrected chi connectivity index (χ2v) is 6.38. The molecule has 1 saturated heterocycles. The Balaban J connectivity index is 1.76. The van der Waals surface area contributed by atoms with E-state index in [0.29, 0.717) is 29.2 Å². The molecule has 0 bridgehead atoms. The lowest BCUT2D eigenvalue weighted by atomic mass is 10.2. The number of amides is 1. The van der Waals surface area contributed by atoms with Crippen LogP contribution in [0.15, 0.2) is 47.6 Å². The minimum Gasteiger partial charge on any atom is -0.311 e. The van der Waals surface area contributed by atoms with Crippen LogP contribution in [-0.4, -0.2) is 27.6 Å². The molecule has 8 heteroatoms. The molecule has 1 aromatic carbocycles. The van der Waals surface area contributed by atoms with E-state index >= 15 is 0 Å². The van der Waals surface area contributed by atoms with Gasteiger partial charge >= 0.3 is 0 Å². The van der Waals surface area contributed by atoms with Crippen molar-refractivity contribution in [1.29, 1.82) is 5.26 Å². The molecular weight excluding hydrogens is 328 g/mol. The van der Waals surface area contributed by atoms with E-state index in [4.69, 9.17) is 5.26 Å². The van der Waals surface area contributed by atoms with Crippen LogP contribution in [0.3, 0.4) is 0 Å². The number of carbonyl (C=O) groups is 1. The van der Waals surface area contributed by atoms with Gasteiger partial charge in [-0.25, -0.2) is 4.98 Å². The fraction of sp³-hybridized carbons (Fsp3) is 0.188. The fourth-order valence-corrected chi connectivity index (χ4v) is 3.54. The zero-order valence-electron chi connectivity index (χ0n) is 12.5. The number of nitriles is 1. The summed E-state index contributed by atoms with van der Waals surface area (Å²) in [7, 11) is 0. The predicted molar refractivity (Wildman–Crippen MR) is 88.7 cm³/mol. The Morgan fingerprint density at radius 1 is 1.38 bits per heavy atom. The third-order valence-electron chi connectivity index (χ3n) is 3.64. The van der Waals surface area contributed by atoms with Gasteiger partial charge in [0.25, 0.3) is 5.69 Å².